The molecule has 0 saturated heterocycles. The summed E-state index contributed by atoms with van der Waals surface area (Å²) >= 11 is 0. The highest BCUT2D eigenvalue weighted by molar-refractivity contribution is 5.87. The molecule has 6 nitrogen and oxygen atoms in total. The van der Waals surface area contributed by atoms with Crippen LogP contribution in [-0.2, 0) is 11.3 Å². The number of nitrogens with one attached hydrogen (secondary N) is 1. The fourth-order valence-electron chi connectivity index (χ4n) is 1.69. The summed E-state index contributed by atoms with van der Waals surface area (Å²) in [5.41, 5.74) is 1.05. The van der Waals surface area contributed by atoms with Gasteiger partial charge in [0.25, 0.3) is 0 Å². The maximum absolute atomic E-state index is 12.0. The Labute approximate surface area is 124 Å². The number of carboxylic acid groups (broad SMARTS) is 1. The van der Waals surface area contributed by atoms with Crippen molar-refractivity contribution >= 4 is 12.0 Å². The van der Waals surface area contributed by atoms with E-state index < -0.39 is 5.97 Å². The second-order valence-electron chi connectivity index (χ2n) is 4.39. The van der Waals surface area contributed by atoms with Gasteiger partial charge >= 0.3 is 12.0 Å². The van der Waals surface area contributed by atoms with Crippen molar-refractivity contribution in [2.24, 2.45) is 0 Å². The Balaban J connectivity index is 2.53. The van der Waals surface area contributed by atoms with Crippen LogP contribution in [0.2, 0.25) is 0 Å². The number of hydrogen-bond acceptors (Lipinski definition) is 3. The van der Waals surface area contributed by atoms with Gasteiger partial charge in [0.2, 0.25) is 0 Å². The van der Waals surface area contributed by atoms with E-state index in [1.807, 2.05) is 0 Å². The number of aromatic carboxylic acids is 1. The van der Waals surface area contributed by atoms with Crippen LogP contribution < -0.4 is 5.32 Å². The summed E-state index contributed by atoms with van der Waals surface area (Å²) < 4.78 is 4.96. The second-order valence-corrected chi connectivity index (χ2v) is 4.39. The first-order valence-corrected chi connectivity index (χ1v) is 6.53. The normalized spacial score (nSPS) is 9.95. The van der Waals surface area contributed by atoms with Gasteiger partial charge in [-0.25, -0.2) is 9.59 Å². The molecular weight excluding hydrogens is 272 g/mol. The second kappa shape index (κ2) is 8.76. The van der Waals surface area contributed by atoms with Gasteiger partial charge in [0, 0.05) is 26.7 Å². The highest BCUT2D eigenvalue weighted by Gasteiger charge is 2.11. The topological polar surface area (TPSA) is 78.9 Å². The van der Waals surface area contributed by atoms with Gasteiger partial charge in [0.05, 0.1) is 12.2 Å². The summed E-state index contributed by atoms with van der Waals surface area (Å²) in [7, 11) is 1.58. The van der Waals surface area contributed by atoms with Crippen LogP contribution in [0.25, 0.3) is 0 Å². The molecule has 2 amide bonds. The molecule has 0 aliphatic carbocycles. The van der Waals surface area contributed by atoms with Crippen LogP contribution in [-0.4, -0.2) is 48.8 Å². The van der Waals surface area contributed by atoms with E-state index in [1.165, 1.54) is 12.1 Å². The van der Waals surface area contributed by atoms with Crippen LogP contribution in [0, 0.1) is 0 Å². The van der Waals surface area contributed by atoms with E-state index in [0.29, 0.717) is 26.2 Å². The minimum Gasteiger partial charge on any atom is -0.478 e. The molecule has 0 radical (unpaired) electrons. The summed E-state index contributed by atoms with van der Waals surface area (Å²) in [6, 6.07) is 6.16. The number of rotatable bonds is 8. The number of hydrogen-bond donors (Lipinski definition) is 2. The van der Waals surface area contributed by atoms with E-state index in [2.05, 4.69) is 11.9 Å². The number of carbonyl (C=O) groups is 2. The third kappa shape index (κ3) is 5.66. The van der Waals surface area contributed by atoms with E-state index >= 15 is 0 Å². The Morgan fingerprint density at radius 1 is 1.38 bits per heavy atom. The number of amides is 2. The zero-order valence-corrected chi connectivity index (χ0v) is 12.0. The van der Waals surface area contributed by atoms with Crippen molar-refractivity contribution in [2.75, 3.05) is 26.8 Å². The van der Waals surface area contributed by atoms with Crippen LogP contribution in [0.3, 0.4) is 0 Å². The maximum atomic E-state index is 12.0. The molecule has 0 heterocycles. The largest absolute Gasteiger partial charge is 0.478 e. The van der Waals surface area contributed by atoms with Crippen LogP contribution in [0.4, 0.5) is 4.79 Å². The van der Waals surface area contributed by atoms with Gasteiger partial charge in [-0.2, -0.15) is 0 Å². The zero-order chi connectivity index (χ0) is 15.7. The SMILES string of the molecule is C=CCN(CCOC)C(=O)NCc1ccc(C(=O)O)cc1. The van der Waals surface area contributed by atoms with Gasteiger partial charge in [-0.15, -0.1) is 6.58 Å². The minimum atomic E-state index is -0.970. The number of carboxylic acids is 1. The molecular formula is C15H20N2O4. The highest BCUT2D eigenvalue weighted by atomic mass is 16.5. The Bertz CT molecular complexity index is 485. The van der Waals surface area contributed by atoms with Crippen LogP contribution in [0.15, 0.2) is 36.9 Å². The predicted octanol–water partition coefficient (Wildman–Crippen LogP) is 1.73. The summed E-state index contributed by atoms with van der Waals surface area (Å²) in [5, 5.41) is 11.6. The van der Waals surface area contributed by atoms with Gasteiger partial charge < -0.3 is 20.1 Å². The third-order valence-corrected chi connectivity index (χ3v) is 2.85. The van der Waals surface area contributed by atoms with Crippen LogP contribution in [0.1, 0.15) is 15.9 Å². The molecule has 0 saturated carbocycles. The molecule has 0 fully saturated rings. The summed E-state index contributed by atoms with van der Waals surface area (Å²) in [6.45, 7) is 5.32. The predicted molar refractivity (Wildman–Crippen MR) is 79.3 cm³/mol. The number of carbonyl (C=O) groups excluding carboxylic acids is 1. The van der Waals surface area contributed by atoms with Gasteiger partial charge in [-0.05, 0) is 17.7 Å². The molecule has 0 aromatic heterocycles. The highest BCUT2D eigenvalue weighted by Crippen LogP contribution is 2.04. The van der Waals surface area contributed by atoms with Gasteiger partial charge in [0.15, 0.2) is 0 Å². The monoisotopic (exact) mass is 292 g/mol. The average molecular weight is 292 g/mol. The van der Waals surface area contributed by atoms with Gasteiger partial charge in [-0.1, -0.05) is 18.2 Å². The van der Waals surface area contributed by atoms with Crippen molar-refractivity contribution < 1.29 is 19.4 Å². The summed E-state index contributed by atoms with van der Waals surface area (Å²) in [5.74, 6) is -0.970. The Morgan fingerprint density at radius 2 is 2.05 bits per heavy atom. The lowest BCUT2D eigenvalue weighted by Gasteiger charge is -2.21. The smallest absolute Gasteiger partial charge is 0.335 e. The van der Waals surface area contributed by atoms with Crippen molar-refractivity contribution in [3.8, 4) is 0 Å². The fourth-order valence-corrected chi connectivity index (χ4v) is 1.69. The molecule has 114 valence electrons. The number of methoxy groups -OCH3 is 1. The molecule has 6 heteroatoms. The van der Waals surface area contributed by atoms with E-state index in [-0.39, 0.29) is 11.6 Å². The van der Waals surface area contributed by atoms with Crippen molar-refractivity contribution in [3.63, 3.8) is 0 Å². The molecule has 1 aromatic carbocycles. The first kappa shape index (κ1) is 16.7. The van der Waals surface area contributed by atoms with E-state index in [0.717, 1.165) is 5.56 Å². The molecule has 0 atom stereocenters. The lowest BCUT2D eigenvalue weighted by atomic mass is 10.1. The summed E-state index contributed by atoms with van der Waals surface area (Å²) in [6.07, 6.45) is 1.65. The molecule has 0 unspecified atom stereocenters. The van der Waals surface area contributed by atoms with Crippen LogP contribution >= 0.6 is 0 Å². The molecule has 1 aromatic rings. The number of nitrogens with zero attached hydrogens (tertiary/aromatic N) is 1. The Morgan fingerprint density at radius 3 is 2.57 bits per heavy atom. The van der Waals surface area contributed by atoms with Gasteiger partial charge in [0.1, 0.15) is 0 Å². The zero-order valence-electron chi connectivity index (χ0n) is 12.0. The molecule has 0 aliphatic rings. The lowest BCUT2D eigenvalue weighted by molar-refractivity contribution is 0.0697. The average Bonchev–Trinajstić information content (AvgIpc) is 2.49. The lowest BCUT2D eigenvalue weighted by Crippen LogP contribution is -2.41. The number of ether oxygens (including phenoxy) is 1. The van der Waals surface area contributed by atoms with Crippen molar-refractivity contribution in [1.82, 2.24) is 10.2 Å². The van der Waals surface area contributed by atoms with E-state index in [4.69, 9.17) is 9.84 Å². The molecule has 1 rings (SSSR count). The molecule has 0 aliphatic heterocycles. The molecule has 2 N–H and O–H groups in total. The van der Waals surface area contributed by atoms with Crippen molar-refractivity contribution in [1.29, 1.82) is 0 Å². The Kier molecular flexibility index (Phi) is 6.97. The third-order valence-electron chi connectivity index (χ3n) is 2.85. The first-order valence-electron chi connectivity index (χ1n) is 6.53. The van der Waals surface area contributed by atoms with E-state index in [9.17, 15) is 9.59 Å². The minimum absolute atomic E-state index is 0.214. The maximum Gasteiger partial charge on any atom is 0.335 e. The van der Waals surface area contributed by atoms with Gasteiger partial charge in [-0.3, -0.25) is 0 Å². The summed E-state index contributed by atoms with van der Waals surface area (Å²) in [4.78, 5) is 24.3. The molecule has 21 heavy (non-hydrogen) atoms. The standard InChI is InChI=1S/C15H20N2O4/c1-3-8-17(9-10-21-2)15(20)16-11-12-4-6-13(7-5-12)14(18)19/h3-7H,1,8-11H2,2H3,(H,16,20)(H,18,19). The quantitative estimate of drug-likeness (QED) is 0.715. The first-order chi connectivity index (χ1) is 10.1. The van der Waals surface area contributed by atoms with Crippen molar-refractivity contribution in [3.05, 3.63) is 48.0 Å². The van der Waals surface area contributed by atoms with Crippen LogP contribution in [0.5, 0.6) is 0 Å². The molecule has 0 spiro atoms. The molecule has 0 bridgehead atoms. The number of benzene rings is 1. The fraction of sp³-hybridized carbons (Fsp3) is 0.333. The van der Waals surface area contributed by atoms with Crippen molar-refractivity contribution in [2.45, 2.75) is 6.54 Å². The van der Waals surface area contributed by atoms with E-state index in [1.54, 1.807) is 30.2 Å². The Hall–Kier alpha value is -2.34. The number of urea groups is 1.